The number of hydrogen-bond acceptors (Lipinski definition) is 7. The highest BCUT2D eigenvalue weighted by molar-refractivity contribution is 8.00. The van der Waals surface area contributed by atoms with Crippen molar-refractivity contribution in [2.75, 3.05) is 16.8 Å². The number of anilines is 2. The third-order valence-electron chi connectivity index (χ3n) is 6.58. The van der Waals surface area contributed by atoms with Crippen molar-refractivity contribution in [1.29, 1.82) is 0 Å². The van der Waals surface area contributed by atoms with E-state index in [0.717, 1.165) is 11.3 Å². The first-order valence-corrected chi connectivity index (χ1v) is 13.7. The van der Waals surface area contributed by atoms with Gasteiger partial charge in [-0.15, -0.1) is 0 Å². The summed E-state index contributed by atoms with van der Waals surface area (Å²) in [4.78, 5) is 56.7. The van der Waals surface area contributed by atoms with Gasteiger partial charge >= 0.3 is 4.87 Å². The lowest BCUT2D eigenvalue weighted by atomic mass is 9.82. The Kier molecular flexibility index (Phi) is 6.53. The minimum atomic E-state index is -0.778. The van der Waals surface area contributed by atoms with E-state index in [1.807, 2.05) is 0 Å². The molecule has 3 atom stereocenters. The zero-order valence-corrected chi connectivity index (χ0v) is 21.8. The van der Waals surface area contributed by atoms with Gasteiger partial charge in [-0.1, -0.05) is 59.5 Å². The zero-order valence-electron chi connectivity index (χ0n) is 20.1. The number of thioether (sulfide) groups is 1. The number of para-hydroxylation sites is 2. The number of fused-ring (bicyclic) bond motifs is 2. The molecule has 2 N–H and O–H groups in total. The van der Waals surface area contributed by atoms with Gasteiger partial charge in [-0.25, -0.2) is 9.29 Å². The average Bonchev–Trinajstić information content (AvgIpc) is 3.43. The van der Waals surface area contributed by atoms with E-state index in [9.17, 15) is 23.6 Å². The van der Waals surface area contributed by atoms with Crippen molar-refractivity contribution in [3.63, 3.8) is 0 Å². The first-order valence-electron chi connectivity index (χ1n) is 12.0. The summed E-state index contributed by atoms with van der Waals surface area (Å²) in [7, 11) is 0. The molecule has 3 heterocycles. The molecule has 0 saturated carbocycles. The number of carbonyl (C=O) groups is 3. The van der Waals surface area contributed by atoms with Crippen LogP contribution in [0.3, 0.4) is 0 Å². The van der Waals surface area contributed by atoms with Gasteiger partial charge in [0.25, 0.3) is 5.91 Å². The summed E-state index contributed by atoms with van der Waals surface area (Å²) in [6.45, 7) is -0.344. The molecule has 1 fully saturated rings. The maximum absolute atomic E-state index is 13.8. The number of thiazole rings is 1. The van der Waals surface area contributed by atoms with Crippen molar-refractivity contribution >= 4 is 52.2 Å². The zero-order chi connectivity index (χ0) is 27.1. The highest BCUT2D eigenvalue weighted by atomic mass is 32.2. The number of nitrogens with zero attached hydrogens (tertiary/aromatic N) is 1. The van der Waals surface area contributed by atoms with Crippen LogP contribution in [0.2, 0.25) is 0 Å². The van der Waals surface area contributed by atoms with Crippen molar-refractivity contribution in [2.24, 2.45) is 5.92 Å². The lowest BCUT2D eigenvalue weighted by molar-refractivity contribution is -0.122. The van der Waals surface area contributed by atoms with Gasteiger partial charge in [0.1, 0.15) is 16.8 Å². The number of nitrogens with one attached hydrogen (secondary N) is 2. The summed E-state index contributed by atoms with van der Waals surface area (Å²) in [5, 5.41) is 2.46. The van der Waals surface area contributed by atoms with Crippen LogP contribution in [-0.2, 0) is 14.4 Å². The molecule has 11 heteroatoms. The van der Waals surface area contributed by atoms with E-state index in [-0.39, 0.29) is 23.3 Å². The molecule has 0 spiro atoms. The Morgan fingerprint density at radius 2 is 1.67 bits per heavy atom. The molecular weight excluding hydrogens is 541 g/mol. The smallest absolute Gasteiger partial charge is 0.305 e. The van der Waals surface area contributed by atoms with Gasteiger partial charge in [-0.2, -0.15) is 0 Å². The third kappa shape index (κ3) is 4.64. The Hall–Kier alpha value is -4.22. The molecule has 6 rings (SSSR count). The minimum Gasteiger partial charge on any atom is -0.483 e. The molecule has 0 bridgehead atoms. The molecule has 1 saturated heterocycles. The Balaban J connectivity index is 1.33. The van der Waals surface area contributed by atoms with Gasteiger partial charge in [0, 0.05) is 22.0 Å². The molecule has 39 heavy (non-hydrogen) atoms. The van der Waals surface area contributed by atoms with Gasteiger partial charge in [-0.05, 0) is 42.5 Å². The summed E-state index contributed by atoms with van der Waals surface area (Å²) in [6, 6.07) is 21.1. The monoisotopic (exact) mass is 561 g/mol. The number of amides is 3. The number of rotatable bonds is 6. The van der Waals surface area contributed by atoms with Crippen molar-refractivity contribution in [1.82, 2.24) is 4.98 Å². The van der Waals surface area contributed by atoms with E-state index in [4.69, 9.17) is 4.74 Å². The minimum absolute atomic E-state index is 0.283. The molecule has 2 aliphatic rings. The summed E-state index contributed by atoms with van der Waals surface area (Å²) < 4.78 is 19.1. The fourth-order valence-electron chi connectivity index (χ4n) is 4.93. The second kappa shape index (κ2) is 10.2. The van der Waals surface area contributed by atoms with Crippen molar-refractivity contribution in [3.8, 4) is 5.75 Å². The standard InChI is InChI=1S/C28H20FN3O5S2/c29-15-10-12-16(13-11-15)30-20(33)14-37-19-9-5-4-8-18(19)21-22-24(38-25-23(21)39-28(36)31-25)27(35)32(26(22)34)17-6-2-1-3-7-17/h1-13,21-22,24H,14H2,(H,30,33)(H,31,36). The average molecular weight is 562 g/mol. The van der Waals surface area contributed by atoms with E-state index in [0.29, 0.717) is 32.6 Å². The van der Waals surface area contributed by atoms with E-state index >= 15 is 0 Å². The maximum Gasteiger partial charge on any atom is 0.305 e. The lowest BCUT2D eigenvalue weighted by Crippen LogP contribution is -2.32. The van der Waals surface area contributed by atoms with Crippen LogP contribution in [0, 0.1) is 11.7 Å². The van der Waals surface area contributed by atoms with Crippen molar-refractivity contribution in [2.45, 2.75) is 16.2 Å². The SMILES string of the molecule is O=C(COc1ccccc1C1c2sc(=O)[nH]c2SC2C(=O)N(c3ccccc3)C(=O)C21)Nc1ccc(F)cc1. The second-order valence-corrected chi connectivity index (χ2v) is 11.1. The predicted molar refractivity (Wildman–Crippen MR) is 146 cm³/mol. The molecule has 1 aromatic heterocycles. The highest BCUT2D eigenvalue weighted by Gasteiger charge is 2.56. The Morgan fingerprint density at radius 1 is 0.949 bits per heavy atom. The van der Waals surface area contributed by atoms with Crippen LogP contribution < -0.4 is 19.8 Å². The second-order valence-electron chi connectivity index (χ2n) is 8.98. The van der Waals surface area contributed by atoms with Gasteiger partial charge < -0.3 is 15.0 Å². The number of aromatic nitrogens is 1. The summed E-state index contributed by atoms with van der Waals surface area (Å²) in [6.07, 6.45) is 0. The Morgan fingerprint density at radius 3 is 2.44 bits per heavy atom. The van der Waals surface area contributed by atoms with Crippen LogP contribution in [0.5, 0.6) is 5.75 Å². The molecule has 3 aromatic carbocycles. The molecule has 2 aliphatic heterocycles. The molecular formula is C28H20FN3O5S2. The van der Waals surface area contributed by atoms with Gasteiger partial charge in [0.15, 0.2) is 6.61 Å². The Bertz CT molecular complexity index is 1640. The third-order valence-corrected chi connectivity index (χ3v) is 8.98. The van der Waals surface area contributed by atoms with Gasteiger partial charge in [0.05, 0.1) is 16.6 Å². The molecule has 0 aliphatic carbocycles. The van der Waals surface area contributed by atoms with Crippen LogP contribution in [0.4, 0.5) is 15.8 Å². The summed E-state index contributed by atoms with van der Waals surface area (Å²) in [5.74, 6) is -2.64. The Labute approximate surface area is 229 Å². The first-order chi connectivity index (χ1) is 18.9. The number of carbonyl (C=O) groups excluding carboxylic acids is 3. The number of imide groups is 1. The number of hydrogen-bond donors (Lipinski definition) is 2. The van der Waals surface area contributed by atoms with Crippen LogP contribution in [0.1, 0.15) is 16.4 Å². The summed E-state index contributed by atoms with van der Waals surface area (Å²) in [5.41, 5.74) is 1.50. The van der Waals surface area contributed by atoms with E-state index in [1.54, 1.807) is 54.6 Å². The molecule has 3 unspecified atom stereocenters. The topological polar surface area (TPSA) is 109 Å². The fraction of sp³-hybridized carbons (Fsp3) is 0.143. The number of aromatic amines is 1. The highest BCUT2D eigenvalue weighted by Crippen LogP contribution is 2.54. The number of halogens is 1. The van der Waals surface area contributed by atoms with Gasteiger partial charge in [0.2, 0.25) is 11.8 Å². The number of ether oxygens (including phenoxy) is 1. The normalized spacial score (nSPS) is 19.9. The van der Waals surface area contributed by atoms with Crippen LogP contribution in [0.15, 0.2) is 88.7 Å². The fourth-order valence-corrected chi connectivity index (χ4v) is 7.43. The molecule has 8 nitrogen and oxygen atoms in total. The molecule has 0 radical (unpaired) electrons. The van der Waals surface area contributed by atoms with Gasteiger partial charge in [-0.3, -0.25) is 19.2 Å². The van der Waals surface area contributed by atoms with E-state index in [1.165, 1.54) is 40.9 Å². The van der Waals surface area contributed by atoms with Crippen LogP contribution >= 0.6 is 23.1 Å². The van der Waals surface area contributed by atoms with Crippen molar-refractivity contribution < 1.29 is 23.5 Å². The molecule has 4 aromatic rings. The van der Waals surface area contributed by atoms with Crippen LogP contribution in [-0.4, -0.2) is 34.6 Å². The molecule has 3 amide bonds. The number of H-pyrrole nitrogens is 1. The lowest BCUT2D eigenvalue weighted by Gasteiger charge is -2.30. The largest absolute Gasteiger partial charge is 0.483 e. The molecule has 196 valence electrons. The van der Waals surface area contributed by atoms with E-state index in [2.05, 4.69) is 10.3 Å². The van der Waals surface area contributed by atoms with Crippen molar-refractivity contribution in [3.05, 3.63) is 105 Å². The quantitative estimate of drug-likeness (QED) is 0.338. The first kappa shape index (κ1) is 25.1. The number of benzene rings is 3. The van der Waals surface area contributed by atoms with E-state index < -0.39 is 28.8 Å². The van der Waals surface area contributed by atoms with Crippen LogP contribution in [0.25, 0.3) is 0 Å². The maximum atomic E-state index is 13.8. The predicted octanol–water partition coefficient (Wildman–Crippen LogP) is 4.39. The summed E-state index contributed by atoms with van der Waals surface area (Å²) >= 11 is 2.19.